The van der Waals surface area contributed by atoms with Crippen LogP contribution in [0.2, 0.25) is 5.02 Å². The van der Waals surface area contributed by atoms with Crippen LogP contribution in [-0.4, -0.2) is 57.6 Å². The summed E-state index contributed by atoms with van der Waals surface area (Å²) in [5, 5.41) is 7.99. The molecule has 34 heavy (non-hydrogen) atoms. The molecule has 0 aliphatic carbocycles. The zero-order chi connectivity index (χ0) is 24.9. The highest BCUT2D eigenvalue weighted by Gasteiger charge is 2.35. The SMILES string of the molecule is CCC(CC)n1c(CS(=O)(=O)[C@@H](C)[C@H](OC)c2ncc(Cl)cn2)nnc1-c1cccc(OC)n1. The fourth-order valence-corrected chi connectivity index (χ4v) is 5.29. The lowest BCUT2D eigenvalue weighted by atomic mass is 10.1. The lowest BCUT2D eigenvalue weighted by Gasteiger charge is -2.23. The summed E-state index contributed by atoms with van der Waals surface area (Å²) < 4.78 is 39.5. The Bertz CT molecular complexity index is 1200. The summed E-state index contributed by atoms with van der Waals surface area (Å²) in [4.78, 5) is 12.7. The Morgan fingerprint density at radius 1 is 1.09 bits per heavy atom. The van der Waals surface area contributed by atoms with Crippen LogP contribution < -0.4 is 4.74 Å². The summed E-state index contributed by atoms with van der Waals surface area (Å²) in [6.07, 6.45) is 3.49. The van der Waals surface area contributed by atoms with E-state index in [9.17, 15) is 8.42 Å². The molecule has 12 heteroatoms. The van der Waals surface area contributed by atoms with Crippen molar-refractivity contribution in [3.05, 3.63) is 47.3 Å². The molecule has 0 saturated heterocycles. The van der Waals surface area contributed by atoms with E-state index in [1.165, 1.54) is 26.6 Å². The van der Waals surface area contributed by atoms with Crippen LogP contribution in [-0.2, 0) is 20.3 Å². The molecule has 3 heterocycles. The number of ether oxygens (including phenoxy) is 2. The number of rotatable bonds is 11. The number of hydrogen-bond acceptors (Lipinski definition) is 9. The zero-order valence-electron chi connectivity index (χ0n) is 19.8. The van der Waals surface area contributed by atoms with Crippen molar-refractivity contribution in [3.8, 4) is 17.4 Å². The van der Waals surface area contributed by atoms with Gasteiger partial charge in [-0.2, -0.15) is 0 Å². The third-order valence-corrected chi connectivity index (χ3v) is 7.94. The first kappa shape index (κ1) is 26.0. The Hall–Kier alpha value is -2.63. The van der Waals surface area contributed by atoms with Crippen molar-refractivity contribution in [2.75, 3.05) is 14.2 Å². The molecular weight excluding hydrogens is 480 g/mol. The fourth-order valence-electron chi connectivity index (χ4n) is 3.76. The van der Waals surface area contributed by atoms with Crippen LogP contribution in [0.3, 0.4) is 0 Å². The molecule has 0 bridgehead atoms. The van der Waals surface area contributed by atoms with E-state index >= 15 is 0 Å². The minimum atomic E-state index is -3.74. The molecule has 184 valence electrons. The van der Waals surface area contributed by atoms with Gasteiger partial charge >= 0.3 is 0 Å². The molecule has 10 nitrogen and oxygen atoms in total. The molecule has 0 aliphatic rings. The predicted octanol–water partition coefficient (Wildman–Crippen LogP) is 3.84. The summed E-state index contributed by atoms with van der Waals surface area (Å²) >= 11 is 5.87. The zero-order valence-corrected chi connectivity index (χ0v) is 21.4. The van der Waals surface area contributed by atoms with Crippen LogP contribution in [0.1, 0.15) is 57.4 Å². The molecule has 0 aromatic carbocycles. The second-order valence-corrected chi connectivity index (χ2v) is 10.6. The van der Waals surface area contributed by atoms with Gasteiger partial charge in [-0.1, -0.05) is 31.5 Å². The molecule has 0 radical (unpaired) electrons. The van der Waals surface area contributed by atoms with Crippen LogP contribution in [0, 0.1) is 0 Å². The van der Waals surface area contributed by atoms with Crippen molar-refractivity contribution in [2.24, 2.45) is 0 Å². The van der Waals surface area contributed by atoms with E-state index in [2.05, 4.69) is 25.1 Å². The first-order chi connectivity index (χ1) is 16.2. The highest BCUT2D eigenvalue weighted by atomic mass is 35.5. The van der Waals surface area contributed by atoms with Crippen LogP contribution in [0.25, 0.3) is 11.5 Å². The molecular formula is C22H29ClN6O4S. The van der Waals surface area contributed by atoms with Crippen LogP contribution in [0.5, 0.6) is 5.88 Å². The molecule has 0 spiro atoms. The number of methoxy groups -OCH3 is 2. The van der Waals surface area contributed by atoms with Gasteiger partial charge in [0.25, 0.3) is 0 Å². The van der Waals surface area contributed by atoms with Gasteiger partial charge in [0.05, 0.1) is 17.4 Å². The molecule has 0 N–H and O–H groups in total. The van der Waals surface area contributed by atoms with Gasteiger partial charge in [0.1, 0.15) is 23.4 Å². The van der Waals surface area contributed by atoms with E-state index in [0.29, 0.717) is 28.2 Å². The smallest absolute Gasteiger partial charge is 0.213 e. The van der Waals surface area contributed by atoms with Gasteiger partial charge in [-0.05, 0) is 25.8 Å². The Balaban J connectivity index is 2.00. The van der Waals surface area contributed by atoms with Crippen molar-refractivity contribution >= 4 is 21.4 Å². The second kappa shape index (κ2) is 11.2. The monoisotopic (exact) mass is 508 g/mol. The van der Waals surface area contributed by atoms with Crippen molar-refractivity contribution in [3.63, 3.8) is 0 Å². The lowest BCUT2D eigenvalue weighted by Crippen LogP contribution is -2.30. The van der Waals surface area contributed by atoms with E-state index < -0.39 is 21.2 Å². The van der Waals surface area contributed by atoms with E-state index in [1.54, 1.807) is 25.1 Å². The number of pyridine rings is 1. The second-order valence-electron chi connectivity index (χ2n) is 7.77. The molecule has 3 aromatic heterocycles. The summed E-state index contributed by atoms with van der Waals surface area (Å²) in [7, 11) is -0.784. The van der Waals surface area contributed by atoms with Crippen LogP contribution >= 0.6 is 11.6 Å². The summed E-state index contributed by atoms with van der Waals surface area (Å²) in [5.74, 6) is 1.19. The van der Waals surface area contributed by atoms with Crippen molar-refractivity contribution < 1.29 is 17.9 Å². The molecule has 2 atom stereocenters. The number of aromatic nitrogens is 6. The molecule has 0 unspecified atom stereocenters. The first-order valence-corrected chi connectivity index (χ1v) is 13.0. The minimum Gasteiger partial charge on any atom is -0.481 e. The van der Waals surface area contributed by atoms with Gasteiger partial charge in [-0.15, -0.1) is 10.2 Å². The predicted molar refractivity (Wildman–Crippen MR) is 128 cm³/mol. The summed E-state index contributed by atoms with van der Waals surface area (Å²) in [5.41, 5.74) is 0.555. The first-order valence-electron chi connectivity index (χ1n) is 10.9. The van der Waals surface area contributed by atoms with Crippen molar-refractivity contribution in [1.29, 1.82) is 0 Å². The maximum atomic E-state index is 13.5. The van der Waals surface area contributed by atoms with Crippen LogP contribution in [0.15, 0.2) is 30.6 Å². The van der Waals surface area contributed by atoms with Gasteiger partial charge in [-0.3, -0.25) is 0 Å². The Morgan fingerprint density at radius 2 is 1.76 bits per heavy atom. The average molecular weight is 509 g/mol. The third kappa shape index (κ3) is 5.53. The summed E-state index contributed by atoms with van der Waals surface area (Å²) in [6, 6.07) is 5.33. The average Bonchev–Trinajstić information content (AvgIpc) is 3.24. The number of nitrogens with zero attached hydrogens (tertiary/aromatic N) is 6. The number of hydrogen-bond donors (Lipinski definition) is 0. The van der Waals surface area contributed by atoms with Gasteiger partial charge in [-0.25, -0.2) is 23.4 Å². The number of halogens is 1. The largest absolute Gasteiger partial charge is 0.481 e. The molecule has 3 aromatic rings. The molecule has 0 fully saturated rings. The third-order valence-electron chi connectivity index (χ3n) is 5.71. The van der Waals surface area contributed by atoms with E-state index in [0.717, 1.165) is 12.8 Å². The maximum Gasteiger partial charge on any atom is 0.213 e. The van der Waals surface area contributed by atoms with E-state index in [4.69, 9.17) is 21.1 Å². The van der Waals surface area contributed by atoms with E-state index in [1.807, 2.05) is 18.4 Å². The molecule has 0 amide bonds. The molecule has 0 aliphatic heterocycles. The molecule has 3 rings (SSSR count). The van der Waals surface area contributed by atoms with Crippen molar-refractivity contribution in [2.45, 2.75) is 56.8 Å². The minimum absolute atomic E-state index is 0.00340. The molecule has 0 saturated carbocycles. The number of sulfone groups is 1. The normalized spacial score (nSPS) is 13.7. The Morgan fingerprint density at radius 3 is 2.35 bits per heavy atom. The Labute approximate surface area is 204 Å². The van der Waals surface area contributed by atoms with Crippen LogP contribution in [0.4, 0.5) is 0 Å². The highest BCUT2D eigenvalue weighted by Crippen LogP contribution is 2.30. The van der Waals surface area contributed by atoms with E-state index in [-0.39, 0.29) is 17.6 Å². The quantitative estimate of drug-likeness (QED) is 0.380. The maximum absolute atomic E-state index is 13.5. The van der Waals surface area contributed by atoms with Crippen molar-refractivity contribution in [1.82, 2.24) is 29.7 Å². The standard InChI is InChI=1S/C22H29ClN6O4S/c1-6-16(7-2)29-18(27-28-22(29)17-9-8-10-19(26-17)32-4)13-34(30,31)14(3)20(33-5)21-24-11-15(23)12-25-21/h8-12,14,16,20H,6-7,13H2,1-5H3/t14-,20-/m0/s1. The highest BCUT2D eigenvalue weighted by molar-refractivity contribution is 7.91. The van der Waals surface area contributed by atoms with Gasteiger partial charge in [0, 0.05) is 31.6 Å². The van der Waals surface area contributed by atoms with Gasteiger partial charge < -0.3 is 14.0 Å². The lowest BCUT2D eigenvalue weighted by molar-refractivity contribution is 0.0948. The topological polar surface area (TPSA) is 122 Å². The van der Waals surface area contributed by atoms with Gasteiger partial charge in [0.2, 0.25) is 5.88 Å². The summed E-state index contributed by atoms with van der Waals surface area (Å²) in [6.45, 7) is 5.65. The fraction of sp³-hybridized carbons (Fsp3) is 0.500. The Kier molecular flexibility index (Phi) is 8.56. The van der Waals surface area contributed by atoms with Gasteiger partial charge in [0.15, 0.2) is 21.5 Å².